The number of aliphatic hydroxyl groups is 1. The predicted molar refractivity (Wildman–Crippen MR) is 205 cm³/mol. The van der Waals surface area contributed by atoms with Crippen LogP contribution in [0.5, 0.6) is 0 Å². The average molecular weight is 768 g/mol. The second-order valence-corrected chi connectivity index (χ2v) is 16.6. The van der Waals surface area contributed by atoms with Gasteiger partial charge < -0.3 is 39.0 Å². The number of aryl methyl sites for hydroxylation is 1. The molecule has 5 rings (SSSR count). The lowest BCUT2D eigenvalue weighted by atomic mass is 9.73. The second kappa shape index (κ2) is 17.3. The molecule has 55 heavy (non-hydrogen) atoms. The number of cyclic esters (lactones) is 1. The number of benzene rings is 1. The van der Waals surface area contributed by atoms with Gasteiger partial charge in [-0.1, -0.05) is 45.9 Å². The Kier molecular flexibility index (Phi) is 13.4. The lowest BCUT2D eigenvalue weighted by Gasteiger charge is -2.47. The molecule has 3 fully saturated rings. The van der Waals surface area contributed by atoms with E-state index in [1.165, 1.54) is 6.92 Å². The minimum Gasteiger partial charge on any atom is -0.458 e. The number of fused-ring (bicyclic) bond motifs is 2. The van der Waals surface area contributed by atoms with Crippen LogP contribution in [-0.2, 0) is 44.5 Å². The molecule has 4 heterocycles. The van der Waals surface area contributed by atoms with E-state index in [-0.39, 0.29) is 37.4 Å². The molecule has 1 aromatic carbocycles. The van der Waals surface area contributed by atoms with Gasteiger partial charge in [0.05, 0.1) is 29.4 Å². The number of amides is 1. The lowest BCUT2D eigenvalue weighted by molar-refractivity contribution is -0.297. The third kappa shape index (κ3) is 8.91. The summed E-state index contributed by atoms with van der Waals surface area (Å²) in [4.78, 5) is 61.9. The number of aliphatic hydroxyl groups excluding tert-OH is 1. The number of hydrogen-bond acceptors (Lipinski definition) is 12. The van der Waals surface area contributed by atoms with Crippen molar-refractivity contribution in [1.82, 2.24) is 15.2 Å². The first-order valence-electron chi connectivity index (χ1n) is 19.8. The summed E-state index contributed by atoms with van der Waals surface area (Å²) in [7, 11) is 3.76. The largest absolute Gasteiger partial charge is 0.458 e. The zero-order valence-corrected chi connectivity index (χ0v) is 34.1. The maximum atomic E-state index is 14.5. The number of likely N-dealkylation sites (N-methyl/N-ethyl adjacent to an activating group) is 1. The van der Waals surface area contributed by atoms with Crippen molar-refractivity contribution in [1.29, 1.82) is 0 Å². The number of nitrogens with zero attached hydrogens (tertiary/aromatic N) is 2. The summed E-state index contributed by atoms with van der Waals surface area (Å²) >= 11 is 0. The van der Waals surface area contributed by atoms with Gasteiger partial charge in [0.25, 0.3) is 0 Å². The van der Waals surface area contributed by atoms with E-state index in [4.69, 9.17) is 23.7 Å². The van der Waals surface area contributed by atoms with Crippen LogP contribution in [0.15, 0.2) is 36.5 Å². The van der Waals surface area contributed by atoms with E-state index in [9.17, 15) is 24.3 Å². The summed E-state index contributed by atoms with van der Waals surface area (Å²) in [6.07, 6.45) is -1.15. The molecule has 0 radical (unpaired) electrons. The number of para-hydroxylation sites is 1. The molecule has 3 saturated heterocycles. The van der Waals surface area contributed by atoms with Gasteiger partial charge in [-0.15, -0.1) is 0 Å². The zero-order chi connectivity index (χ0) is 40.4. The lowest BCUT2D eigenvalue weighted by Crippen LogP contribution is -2.60. The molecule has 0 saturated carbocycles. The zero-order valence-electron chi connectivity index (χ0n) is 34.1. The maximum absolute atomic E-state index is 14.5. The molecule has 2 aromatic rings. The number of hydrogen-bond donors (Lipinski definition) is 2. The number of nitrogens with one attached hydrogen (secondary N) is 1. The quantitative estimate of drug-likeness (QED) is 0.199. The molecule has 13 nitrogen and oxygen atoms in total. The van der Waals surface area contributed by atoms with Crippen molar-refractivity contribution in [2.24, 2.45) is 23.7 Å². The highest BCUT2D eigenvalue weighted by Crippen LogP contribution is 2.40. The Morgan fingerprint density at radius 1 is 1.00 bits per heavy atom. The van der Waals surface area contributed by atoms with Gasteiger partial charge in [0.2, 0.25) is 0 Å². The Hall–Kier alpha value is -3.49. The van der Waals surface area contributed by atoms with Crippen LogP contribution in [-0.4, -0.2) is 113 Å². The molecule has 2 N–H and O–H groups in total. The van der Waals surface area contributed by atoms with E-state index in [0.717, 1.165) is 16.5 Å². The highest BCUT2D eigenvalue weighted by atomic mass is 16.7. The first kappa shape index (κ1) is 42.6. The van der Waals surface area contributed by atoms with Crippen molar-refractivity contribution in [3.8, 4) is 0 Å². The fourth-order valence-corrected chi connectivity index (χ4v) is 9.07. The SMILES string of the molecule is CC[C@H]1OC(=O)[C@H](C)C(=O)[C@H](C)[C@@H](O[C@@H]2O[C@H](C)C[C@H](N(C)C)[C@H]2O)[C@](C)(OCCCc2ccnc3ccccc23)C[C@@H](C)C(=O)[C@H](C)[C@H]2NC(=O)O[C@@]21C. The molecule has 0 aliphatic carbocycles. The Bertz CT molecular complexity index is 1700. The van der Waals surface area contributed by atoms with E-state index in [1.54, 1.807) is 33.9 Å². The number of rotatable bonds is 9. The fourth-order valence-electron chi connectivity index (χ4n) is 9.07. The van der Waals surface area contributed by atoms with E-state index in [0.29, 0.717) is 19.3 Å². The Morgan fingerprint density at radius 2 is 1.71 bits per heavy atom. The molecule has 0 bridgehead atoms. The van der Waals surface area contributed by atoms with Crippen LogP contribution in [0.3, 0.4) is 0 Å². The van der Waals surface area contributed by atoms with Gasteiger partial charge in [0.1, 0.15) is 23.9 Å². The molecular formula is C42H61N3O10. The smallest absolute Gasteiger partial charge is 0.408 e. The summed E-state index contributed by atoms with van der Waals surface area (Å²) in [5.41, 5.74) is -0.663. The van der Waals surface area contributed by atoms with Crippen molar-refractivity contribution in [2.45, 2.75) is 141 Å². The number of esters is 1. The molecule has 304 valence electrons. The van der Waals surface area contributed by atoms with E-state index >= 15 is 0 Å². The van der Waals surface area contributed by atoms with E-state index in [1.807, 2.05) is 70.1 Å². The normalized spacial score (nSPS) is 37.9. The number of ether oxygens (including phenoxy) is 5. The second-order valence-electron chi connectivity index (χ2n) is 16.6. The Labute approximate surface area is 325 Å². The number of pyridine rings is 1. The van der Waals surface area contributed by atoms with Gasteiger partial charge in [-0.05, 0) is 91.6 Å². The van der Waals surface area contributed by atoms with Gasteiger partial charge in [0.15, 0.2) is 17.7 Å². The summed E-state index contributed by atoms with van der Waals surface area (Å²) < 4.78 is 31.6. The van der Waals surface area contributed by atoms with E-state index in [2.05, 4.69) is 10.3 Å². The van der Waals surface area contributed by atoms with Crippen molar-refractivity contribution in [3.05, 3.63) is 42.1 Å². The minimum absolute atomic E-state index is 0.125. The van der Waals surface area contributed by atoms with E-state index < -0.39 is 83.4 Å². The molecule has 3 aliphatic heterocycles. The third-order valence-electron chi connectivity index (χ3n) is 12.2. The summed E-state index contributed by atoms with van der Waals surface area (Å²) in [5, 5.41) is 15.5. The average Bonchev–Trinajstić information content (AvgIpc) is 3.47. The highest BCUT2D eigenvalue weighted by Gasteiger charge is 2.57. The molecule has 0 unspecified atom stereocenters. The van der Waals surface area contributed by atoms with Crippen LogP contribution in [0.25, 0.3) is 10.9 Å². The molecule has 0 spiro atoms. The first-order chi connectivity index (χ1) is 25.9. The Balaban J connectivity index is 1.54. The summed E-state index contributed by atoms with van der Waals surface area (Å²) in [6.45, 7) is 14.2. The van der Waals surface area contributed by atoms with Crippen molar-refractivity contribution in [2.75, 3.05) is 20.7 Å². The number of Topliss-reactive ketones (excluding diaryl/α,β-unsaturated/α-hetero) is 2. The van der Waals surface area contributed by atoms with Crippen LogP contribution < -0.4 is 5.32 Å². The van der Waals surface area contributed by atoms with Crippen molar-refractivity contribution in [3.63, 3.8) is 0 Å². The fraction of sp³-hybridized carbons (Fsp3) is 0.690. The molecule has 1 aromatic heterocycles. The minimum atomic E-state index is -1.37. The molecule has 3 aliphatic rings. The number of ketones is 2. The molecular weight excluding hydrogens is 706 g/mol. The van der Waals surface area contributed by atoms with Gasteiger partial charge in [0, 0.05) is 42.0 Å². The van der Waals surface area contributed by atoms with Crippen LogP contribution in [0.4, 0.5) is 4.79 Å². The van der Waals surface area contributed by atoms with Crippen LogP contribution in [0.2, 0.25) is 0 Å². The molecule has 13 heteroatoms. The number of aromatic nitrogens is 1. The maximum Gasteiger partial charge on any atom is 0.408 e. The Morgan fingerprint density at radius 3 is 2.40 bits per heavy atom. The molecule has 1 amide bonds. The van der Waals surface area contributed by atoms with Gasteiger partial charge >= 0.3 is 12.1 Å². The number of carbonyl (C=O) groups excluding carboxylic acids is 4. The van der Waals surface area contributed by atoms with Gasteiger partial charge in [-0.3, -0.25) is 19.4 Å². The van der Waals surface area contributed by atoms with Crippen LogP contribution >= 0.6 is 0 Å². The van der Waals surface area contributed by atoms with Crippen LogP contribution in [0.1, 0.15) is 86.6 Å². The topological polar surface area (TPSA) is 163 Å². The number of carbonyl (C=O) groups is 4. The third-order valence-corrected chi connectivity index (χ3v) is 12.2. The number of alkyl carbamates (subject to hydrolysis) is 1. The summed E-state index contributed by atoms with van der Waals surface area (Å²) in [5.74, 6) is -4.99. The monoisotopic (exact) mass is 767 g/mol. The van der Waals surface area contributed by atoms with Crippen molar-refractivity contribution >= 4 is 34.5 Å². The highest BCUT2D eigenvalue weighted by molar-refractivity contribution is 6.00. The van der Waals surface area contributed by atoms with Gasteiger partial charge in [-0.25, -0.2) is 4.79 Å². The first-order valence-corrected chi connectivity index (χ1v) is 19.8. The van der Waals surface area contributed by atoms with Gasteiger partial charge in [-0.2, -0.15) is 0 Å². The standard InChI is InChI=1S/C42H61N3O10/c1-11-32-42(8)36(44-40(50)55-42)25(4)33(46)23(2)22-41(7,51-20-14-15-28-18-19-43-30-17-13-12-16-29(28)30)37(26(5)34(47)27(6)38(49)53-32)54-39-35(48)31(45(9)10)21-24(3)52-39/h12-13,16-19,23-27,31-32,35-37,39,48H,11,14-15,20-22H2,1-10H3,(H,44,50)/t23-,24-,25+,26+,27-,31+,32-,35-,36-,37-,39+,41-,42-/m1/s1. The molecule has 13 atom stereocenters. The van der Waals surface area contributed by atoms with Crippen molar-refractivity contribution < 1.29 is 48.0 Å². The van der Waals surface area contributed by atoms with Crippen LogP contribution in [0, 0.1) is 23.7 Å². The predicted octanol–water partition coefficient (Wildman–Crippen LogP) is 5.03. The summed E-state index contributed by atoms with van der Waals surface area (Å²) in [6, 6.07) is 8.83.